The minimum Gasteiger partial charge on any atom is -0.486 e. The standard InChI is InChI=1S/C28H29FINO5/c1-28(2,3)36-27(33)31-24(26(32)35-18-20-12-8-5-9-13-20)15-21-14-22(30)16-23(29)25(21)34-17-19-10-6-4-7-11-19/h4-14,16,24H,15,17-18H2,1-3H3,(H,31,33)/t24-/m0/s1. The Kier molecular flexibility index (Phi) is 9.69. The number of amides is 1. The van der Waals surface area contributed by atoms with E-state index in [1.807, 2.05) is 83.3 Å². The van der Waals surface area contributed by atoms with E-state index in [9.17, 15) is 14.0 Å². The number of benzene rings is 3. The molecule has 0 saturated heterocycles. The Bertz CT molecular complexity index is 1170. The molecule has 0 radical (unpaired) electrons. The van der Waals surface area contributed by atoms with E-state index in [0.717, 1.165) is 11.1 Å². The van der Waals surface area contributed by atoms with Gasteiger partial charge in [-0.15, -0.1) is 0 Å². The molecule has 6 nitrogen and oxygen atoms in total. The number of halogens is 2. The van der Waals surface area contributed by atoms with Crippen LogP contribution in [0.2, 0.25) is 0 Å². The Morgan fingerprint density at radius 3 is 2.11 bits per heavy atom. The van der Waals surface area contributed by atoms with Gasteiger partial charge in [0.1, 0.15) is 24.9 Å². The minimum absolute atomic E-state index is 0.0196. The van der Waals surface area contributed by atoms with Gasteiger partial charge in [-0.25, -0.2) is 14.0 Å². The highest BCUT2D eigenvalue weighted by Crippen LogP contribution is 2.28. The number of carbonyl (C=O) groups excluding carboxylic acids is 2. The van der Waals surface area contributed by atoms with Crippen molar-refractivity contribution in [2.24, 2.45) is 0 Å². The normalized spacial score (nSPS) is 11.9. The summed E-state index contributed by atoms with van der Waals surface area (Å²) in [7, 11) is 0. The molecule has 1 atom stereocenters. The van der Waals surface area contributed by atoms with Crippen LogP contribution in [0.25, 0.3) is 0 Å². The fraction of sp³-hybridized carbons (Fsp3) is 0.286. The van der Waals surface area contributed by atoms with Gasteiger partial charge in [-0.05, 0) is 66.6 Å². The molecule has 3 aromatic rings. The van der Waals surface area contributed by atoms with Crippen LogP contribution in [0.1, 0.15) is 37.5 Å². The van der Waals surface area contributed by atoms with Gasteiger partial charge in [0.2, 0.25) is 0 Å². The number of hydrogen-bond donors (Lipinski definition) is 1. The molecule has 1 N–H and O–H groups in total. The van der Waals surface area contributed by atoms with Gasteiger partial charge < -0.3 is 19.5 Å². The van der Waals surface area contributed by atoms with Crippen LogP contribution in [-0.4, -0.2) is 23.7 Å². The third kappa shape index (κ3) is 8.82. The van der Waals surface area contributed by atoms with E-state index in [-0.39, 0.29) is 25.4 Å². The number of rotatable bonds is 9. The van der Waals surface area contributed by atoms with Gasteiger partial charge in [0.05, 0.1) is 0 Å². The average Bonchev–Trinajstić information content (AvgIpc) is 2.81. The summed E-state index contributed by atoms with van der Waals surface area (Å²) in [5.41, 5.74) is 1.33. The van der Waals surface area contributed by atoms with E-state index in [1.54, 1.807) is 26.8 Å². The highest BCUT2D eigenvalue weighted by atomic mass is 127. The van der Waals surface area contributed by atoms with Gasteiger partial charge in [-0.2, -0.15) is 0 Å². The number of alkyl carbamates (subject to hydrolysis) is 1. The average molecular weight is 605 g/mol. The number of hydrogen-bond acceptors (Lipinski definition) is 5. The summed E-state index contributed by atoms with van der Waals surface area (Å²) < 4.78 is 32.2. The maximum absolute atomic E-state index is 15.0. The molecule has 0 bridgehead atoms. The fourth-order valence-corrected chi connectivity index (χ4v) is 4.00. The summed E-state index contributed by atoms with van der Waals surface area (Å²) in [6, 6.07) is 20.5. The second kappa shape index (κ2) is 12.7. The summed E-state index contributed by atoms with van der Waals surface area (Å²) in [6.07, 6.45) is -0.827. The fourth-order valence-electron chi connectivity index (χ4n) is 3.35. The number of nitrogens with one attached hydrogen (secondary N) is 1. The first kappa shape index (κ1) is 27.4. The third-order valence-electron chi connectivity index (χ3n) is 4.93. The van der Waals surface area contributed by atoms with Gasteiger partial charge in [0.15, 0.2) is 11.6 Å². The lowest BCUT2D eigenvalue weighted by molar-refractivity contribution is -0.147. The van der Waals surface area contributed by atoms with Gasteiger partial charge in [0, 0.05) is 15.6 Å². The van der Waals surface area contributed by atoms with Crippen LogP contribution in [0.5, 0.6) is 5.75 Å². The maximum Gasteiger partial charge on any atom is 0.408 e. The van der Waals surface area contributed by atoms with Crippen molar-refractivity contribution in [1.82, 2.24) is 5.32 Å². The van der Waals surface area contributed by atoms with Crippen LogP contribution in [0, 0.1) is 9.39 Å². The van der Waals surface area contributed by atoms with Gasteiger partial charge in [0.25, 0.3) is 0 Å². The Morgan fingerprint density at radius 1 is 0.944 bits per heavy atom. The number of carbonyl (C=O) groups is 2. The number of ether oxygens (including phenoxy) is 3. The zero-order chi connectivity index (χ0) is 26.1. The SMILES string of the molecule is CC(C)(C)OC(=O)N[C@@H](Cc1cc(I)cc(F)c1OCc1ccccc1)C(=O)OCc1ccccc1. The van der Waals surface area contributed by atoms with Crippen molar-refractivity contribution in [1.29, 1.82) is 0 Å². The number of esters is 1. The summed E-state index contributed by atoms with van der Waals surface area (Å²) >= 11 is 2.00. The van der Waals surface area contributed by atoms with Gasteiger partial charge in [-0.1, -0.05) is 60.7 Å². The molecule has 0 fully saturated rings. The quantitative estimate of drug-likeness (QED) is 0.233. The van der Waals surface area contributed by atoms with Gasteiger partial charge in [-0.3, -0.25) is 0 Å². The van der Waals surface area contributed by atoms with E-state index < -0.39 is 29.5 Å². The van der Waals surface area contributed by atoms with Crippen LogP contribution < -0.4 is 10.1 Å². The maximum atomic E-state index is 15.0. The Balaban J connectivity index is 1.83. The van der Waals surface area contributed by atoms with Crippen molar-refractivity contribution in [2.75, 3.05) is 0 Å². The molecular formula is C28H29FINO5. The largest absolute Gasteiger partial charge is 0.486 e. The molecule has 0 spiro atoms. The molecule has 0 aliphatic heterocycles. The molecule has 3 rings (SSSR count). The predicted molar refractivity (Wildman–Crippen MR) is 143 cm³/mol. The van der Waals surface area contributed by atoms with Crippen LogP contribution in [0.15, 0.2) is 72.8 Å². The summed E-state index contributed by atoms with van der Waals surface area (Å²) in [5, 5.41) is 2.58. The van der Waals surface area contributed by atoms with Gasteiger partial charge >= 0.3 is 12.1 Å². The first-order chi connectivity index (χ1) is 17.1. The lowest BCUT2D eigenvalue weighted by atomic mass is 10.0. The molecule has 36 heavy (non-hydrogen) atoms. The summed E-state index contributed by atoms with van der Waals surface area (Å²) in [5.74, 6) is -1.20. The van der Waals surface area contributed by atoms with Crippen molar-refractivity contribution in [3.05, 3.63) is 98.9 Å². The van der Waals surface area contributed by atoms with E-state index in [4.69, 9.17) is 14.2 Å². The molecule has 0 saturated carbocycles. The monoisotopic (exact) mass is 605 g/mol. The van der Waals surface area contributed by atoms with E-state index in [0.29, 0.717) is 9.13 Å². The topological polar surface area (TPSA) is 73.9 Å². The Labute approximate surface area is 224 Å². The highest BCUT2D eigenvalue weighted by molar-refractivity contribution is 14.1. The molecule has 0 aromatic heterocycles. The molecular weight excluding hydrogens is 576 g/mol. The smallest absolute Gasteiger partial charge is 0.408 e. The van der Waals surface area contributed by atoms with Crippen LogP contribution >= 0.6 is 22.6 Å². The van der Waals surface area contributed by atoms with E-state index in [1.165, 1.54) is 6.07 Å². The van der Waals surface area contributed by atoms with Crippen molar-refractivity contribution in [2.45, 2.75) is 52.0 Å². The highest BCUT2D eigenvalue weighted by Gasteiger charge is 2.28. The first-order valence-corrected chi connectivity index (χ1v) is 12.5. The lowest BCUT2D eigenvalue weighted by Gasteiger charge is -2.23. The first-order valence-electron chi connectivity index (χ1n) is 11.5. The minimum atomic E-state index is -1.12. The zero-order valence-corrected chi connectivity index (χ0v) is 22.6. The summed E-state index contributed by atoms with van der Waals surface area (Å²) in [4.78, 5) is 25.6. The molecule has 3 aromatic carbocycles. The van der Waals surface area contributed by atoms with E-state index in [2.05, 4.69) is 5.32 Å². The zero-order valence-electron chi connectivity index (χ0n) is 20.4. The summed E-state index contributed by atoms with van der Waals surface area (Å²) in [6.45, 7) is 5.34. The molecule has 0 aliphatic rings. The van der Waals surface area contributed by atoms with Crippen LogP contribution in [-0.2, 0) is 33.9 Å². The Morgan fingerprint density at radius 2 is 1.53 bits per heavy atom. The molecule has 0 unspecified atom stereocenters. The predicted octanol–water partition coefficient (Wildman–Crippen LogP) is 6.19. The van der Waals surface area contributed by atoms with Crippen molar-refractivity contribution < 1.29 is 28.2 Å². The molecule has 190 valence electrons. The van der Waals surface area contributed by atoms with Crippen molar-refractivity contribution >= 4 is 34.7 Å². The molecule has 0 heterocycles. The van der Waals surface area contributed by atoms with Crippen LogP contribution in [0.4, 0.5) is 9.18 Å². The lowest BCUT2D eigenvalue weighted by Crippen LogP contribution is -2.45. The molecule has 8 heteroatoms. The van der Waals surface area contributed by atoms with Crippen LogP contribution in [0.3, 0.4) is 0 Å². The van der Waals surface area contributed by atoms with Crippen molar-refractivity contribution in [3.63, 3.8) is 0 Å². The van der Waals surface area contributed by atoms with E-state index >= 15 is 0 Å². The third-order valence-corrected chi connectivity index (χ3v) is 5.56. The molecule has 0 aliphatic carbocycles. The second-order valence-corrected chi connectivity index (χ2v) is 10.4. The molecule has 1 amide bonds. The van der Waals surface area contributed by atoms with Crippen molar-refractivity contribution in [3.8, 4) is 5.75 Å². The Hall–Kier alpha value is -3.14. The second-order valence-electron chi connectivity index (χ2n) is 9.15.